The second-order valence-corrected chi connectivity index (χ2v) is 6.62. The number of H-pyrrole nitrogens is 1. The summed E-state index contributed by atoms with van der Waals surface area (Å²) >= 11 is 0. The van der Waals surface area contributed by atoms with Crippen LogP contribution in [0.1, 0.15) is 12.0 Å². The quantitative estimate of drug-likeness (QED) is 0.614. The number of hydrogen-bond donors (Lipinski definition) is 3. The minimum atomic E-state index is -0.827. The van der Waals surface area contributed by atoms with Gasteiger partial charge in [-0.1, -0.05) is 12.1 Å². The number of carbonyl (C=O) groups is 2. The molecule has 1 aromatic heterocycles. The first-order chi connectivity index (χ1) is 13.6. The van der Waals surface area contributed by atoms with Crippen molar-refractivity contribution in [1.29, 1.82) is 0 Å². The van der Waals surface area contributed by atoms with E-state index >= 15 is 0 Å². The predicted molar refractivity (Wildman–Crippen MR) is 106 cm³/mol. The van der Waals surface area contributed by atoms with Gasteiger partial charge >= 0.3 is 0 Å². The molecule has 7 nitrogen and oxygen atoms in total. The van der Waals surface area contributed by atoms with Crippen molar-refractivity contribution in [3.05, 3.63) is 54.2 Å². The number of carbonyl (C=O) groups excluding carboxylic acids is 2. The number of aromatic nitrogens is 1. The van der Waals surface area contributed by atoms with Gasteiger partial charge in [-0.05, 0) is 42.3 Å². The van der Waals surface area contributed by atoms with Crippen LogP contribution in [0.25, 0.3) is 10.9 Å². The Bertz CT molecular complexity index is 1030. The van der Waals surface area contributed by atoms with E-state index in [0.717, 1.165) is 22.2 Å². The standard InChI is InChI=1S/C21H21N3O4/c1-27-14-6-7-16-15(10-14)13(12-23-16)8-9-22-20(25)11-19-21(26)24-17-4-2-3-5-18(17)28-19/h2-7,10,12,19,23H,8-9,11H2,1H3,(H,22,25)(H,24,26)/t19-/m1/s1. The van der Waals surface area contributed by atoms with Crippen LogP contribution in [0.4, 0.5) is 5.69 Å². The number of para-hydroxylation sites is 2. The molecule has 0 radical (unpaired) electrons. The Hall–Kier alpha value is -3.48. The van der Waals surface area contributed by atoms with Crippen molar-refractivity contribution in [3.63, 3.8) is 0 Å². The number of hydrogen-bond acceptors (Lipinski definition) is 4. The molecule has 0 unspecified atom stereocenters. The molecular formula is C21H21N3O4. The lowest BCUT2D eigenvalue weighted by Crippen LogP contribution is -2.41. The second kappa shape index (κ2) is 7.64. The molecule has 1 atom stereocenters. The zero-order chi connectivity index (χ0) is 19.5. The molecular weight excluding hydrogens is 358 g/mol. The molecule has 0 bridgehead atoms. The molecule has 2 heterocycles. The summed E-state index contributed by atoms with van der Waals surface area (Å²) in [7, 11) is 1.63. The first kappa shape index (κ1) is 17.9. The highest BCUT2D eigenvalue weighted by Gasteiger charge is 2.29. The lowest BCUT2D eigenvalue weighted by atomic mass is 10.1. The van der Waals surface area contributed by atoms with Crippen molar-refractivity contribution in [3.8, 4) is 11.5 Å². The van der Waals surface area contributed by atoms with Crippen molar-refractivity contribution >= 4 is 28.4 Å². The third-order valence-corrected chi connectivity index (χ3v) is 4.77. The SMILES string of the molecule is COc1ccc2[nH]cc(CCNC(=O)C[C@H]3Oc4ccccc4NC3=O)c2c1. The van der Waals surface area contributed by atoms with Crippen LogP contribution in [0.15, 0.2) is 48.7 Å². The smallest absolute Gasteiger partial charge is 0.266 e. The van der Waals surface area contributed by atoms with E-state index in [1.807, 2.05) is 36.5 Å². The Morgan fingerprint density at radius 3 is 2.96 bits per heavy atom. The van der Waals surface area contributed by atoms with Crippen LogP contribution in [-0.4, -0.2) is 36.6 Å². The van der Waals surface area contributed by atoms with Crippen molar-refractivity contribution in [2.75, 3.05) is 19.0 Å². The van der Waals surface area contributed by atoms with Crippen LogP contribution in [0.3, 0.4) is 0 Å². The largest absolute Gasteiger partial charge is 0.497 e. The lowest BCUT2D eigenvalue weighted by Gasteiger charge is -2.25. The summed E-state index contributed by atoms with van der Waals surface area (Å²) in [6.45, 7) is 0.466. The molecule has 0 spiro atoms. The normalized spacial score (nSPS) is 15.5. The summed E-state index contributed by atoms with van der Waals surface area (Å²) in [6, 6.07) is 13.0. The number of rotatable bonds is 6. The maximum Gasteiger partial charge on any atom is 0.266 e. The molecule has 2 aromatic carbocycles. The van der Waals surface area contributed by atoms with Crippen LogP contribution in [0.2, 0.25) is 0 Å². The summed E-state index contributed by atoms with van der Waals surface area (Å²) < 4.78 is 10.9. The molecule has 28 heavy (non-hydrogen) atoms. The molecule has 3 N–H and O–H groups in total. The summed E-state index contributed by atoms with van der Waals surface area (Å²) in [6.07, 6.45) is 1.75. The minimum Gasteiger partial charge on any atom is -0.497 e. The van der Waals surface area contributed by atoms with Crippen molar-refractivity contribution in [2.24, 2.45) is 0 Å². The Morgan fingerprint density at radius 2 is 2.11 bits per heavy atom. The van der Waals surface area contributed by atoms with Crippen LogP contribution in [-0.2, 0) is 16.0 Å². The maximum absolute atomic E-state index is 12.3. The van der Waals surface area contributed by atoms with Gasteiger partial charge in [0.15, 0.2) is 6.10 Å². The van der Waals surface area contributed by atoms with E-state index < -0.39 is 6.10 Å². The molecule has 144 valence electrons. The Balaban J connectivity index is 1.32. The monoisotopic (exact) mass is 379 g/mol. The highest BCUT2D eigenvalue weighted by molar-refractivity contribution is 5.99. The number of aromatic amines is 1. The average molecular weight is 379 g/mol. The van der Waals surface area contributed by atoms with E-state index in [-0.39, 0.29) is 18.2 Å². The molecule has 0 fully saturated rings. The fraction of sp³-hybridized carbons (Fsp3) is 0.238. The van der Waals surface area contributed by atoms with E-state index in [9.17, 15) is 9.59 Å². The highest BCUT2D eigenvalue weighted by atomic mass is 16.5. The number of amides is 2. The zero-order valence-corrected chi connectivity index (χ0v) is 15.5. The van der Waals surface area contributed by atoms with Gasteiger partial charge in [-0.2, -0.15) is 0 Å². The van der Waals surface area contributed by atoms with Gasteiger partial charge in [-0.15, -0.1) is 0 Å². The predicted octanol–water partition coefficient (Wildman–Crippen LogP) is 2.62. The molecule has 1 aliphatic heterocycles. The lowest BCUT2D eigenvalue weighted by molar-refractivity contribution is -0.130. The number of anilines is 1. The van der Waals surface area contributed by atoms with Gasteiger partial charge < -0.3 is 25.1 Å². The summed E-state index contributed by atoms with van der Waals surface area (Å²) in [5, 5.41) is 6.70. The highest BCUT2D eigenvalue weighted by Crippen LogP contribution is 2.29. The first-order valence-electron chi connectivity index (χ1n) is 9.11. The number of ether oxygens (including phenoxy) is 2. The van der Waals surface area contributed by atoms with Crippen molar-refractivity contribution in [2.45, 2.75) is 18.9 Å². The first-order valence-corrected chi connectivity index (χ1v) is 9.11. The second-order valence-electron chi connectivity index (χ2n) is 6.62. The molecule has 0 saturated heterocycles. The number of fused-ring (bicyclic) bond motifs is 2. The fourth-order valence-corrected chi connectivity index (χ4v) is 3.30. The maximum atomic E-state index is 12.3. The van der Waals surface area contributed by atoms with Gasteiger partial charge in [0.2, 0.25) is 5.91 Å². The van der Waals surface area contributed by atoms with E-state index in [1.54, 1.807) is 19.2 Å². The van der Waals surface area contributed by atoms with Gasteiger partial charge in [0.1, 0.15) is 11.5 Å². The van der Waals surface area contributed by atoms with E-state index in [4.69, 9.17) is 9.47 Å². The summed E-state index contributed by atoms with van der Waals surface area (Å²) in [5.74, 6) is 0.834. The molecule has 3 aromatic rings. The fourth-order valence-electron chi connectivity index (χ4n) is 3.30. The van der Waals surface area contributed by atoms with Crippen LogP contribution < -0.4 is 20.1 Å². The average Bonchev–Trinajstić information content (AvgIpc) is 3.10. The van der Waals surface area contributed by atoms with E-state index in [1.165, 1.54) is 0 Å². The van der Waals surface area contributed by atoms with Crippen molar-refractivity contribution in [1.82, 2.24) is 10.3 Å². The Morgan fingerprint density at radius 1 is 1.25 bits per heavy atom. The molecule has 0 saturated carbocycles. The summed E-state index contributed by atoms with van der Waals surface area (Å²) in [4.78, 5) is 27.6. The summed E-state index contributed by atoms with van der Waals surface area (Å²) in [5.41, 5.74) is 2.74. The molecule has 1 aliphatic rings. The topological polar surface area (TPSA) is 92.4 Å². The Kier molecular flexibility index (Phi) is 4.89. The van der Waals surface area contributed by atoms with Crippen LogP contribution in [0, 0.1) is 0 Å². The number of methoxy groups -OCH3 is 1. The van der Waals surface area contributed by atoms with Gasteiger partial charge in [0, 0.05) is 23.6 Å². The number of nitrogens with one attached hydrogen (secondary N) is 3. The molecule has 2 amide bonds. The minimum absolute atomic E-state index is 0.0259. The number of benzene rings is 2. The van der Waals surface area contributed by atoms with E-state index in [2.05, 4.69) is 15.6 Å². The van der Waals surface area contributed by atoms with Crippen LogP contribution >= 0.6 is 0 Å². The van der Waals surface area contributed by atoms with Crippen LogP contribution in [0.5, 0.6) is 11.5 Å². The van der Waals surface area contributed by atoms with Gasteiger partial charge in [-0.3, -0.25) is 9.59 Å². The van der Waals surface area contributed by atoms with Crippen molar-refractivity contribution < 1.29 is 19.1 Å². The Labute approximate surface area is 162 Å². The van der Waals surface area contributed by atoms with Gasteiger partial charge in [0.25, 0.3) is 5.91 Å². The van der Waals surface area contributed by atoms with Gasteiger partial charge in [0.05, 0.1) is 19.2 Å². The zero-order valence-electron chi connectivity index (χ0n) is 15.5. The third kappa shape index (κ3) is 3.64. The third-order valence-electron chi connectivity index (χ3n) is 4.77. The molecule has 0 aliphatic carbocycles. The molecule has 7 heteroatoms. The molecule has 4 rings (SSSR count). The van der Waals surface area contributed by atoms with E-state index in [0.29, 0.717) is 24.4 Å². The van der Waals surface area contributed by atoms with Gasteiger partial charge in [-0.25, -0.2) is 0 Å².